The molecule has 10 nitrogen and oxygen atoms in total. The number of nitrogens with one attached hydrogen (secondary N) is 2. The average Bonchev–Trinajstić information content (AvgIpc) is 3.35. The van der Waals surface area contributed by atoms with Gasteiger partial charge in [-0.1, -0.05) is 128 Å². The highest BCUT2D eigenvalue weighted by molar-refractivity contribution is 5.99. The number of carbonyl (C=O) groups excluding carboxylic acids is 4. The second-order valence-corrected chi connectivity index (χ2v) is 11.7. The van der Waals surface area contributed by atoms with Crippen LogP contribution in [-0.4, -0.2) is 58.1 Å². The van der Waals surface area contributed by atoms with Crippen molar-refractivity contribution in [2.75, 3.05) is 0 Å². The monoisotopic (exact) mass is 633 g/mol. The molecule has 0 radical (unpaired) electrons. The van der Waals surface area contributed by atoms with Gasteiger partial charge in [0.15, 0.2) is 6.10 Å². The van der Waals surface area contributed by atoms with Gasteiger partial charge in [0.05, 0.1) is 12.1 Å². The molecule has 0 saturated carbocycles. The largest absolute Gasteiger partial charge is 0.451 e. The van der Waals surface area contributed by atoms with Crippen LogP contribution in [0.1, 0.15) is 41.3 Å². The fourth-order valence-corrected chi connectivity index (χ4v) is 6.28. The van der Waals surface area contributed by atoms with Gasteiger partial charge in [-0.15, -0.1) is 0 Å². The summed E-state index contributed by atoms with van der Waals surface area (Å²) in [6, 6.07) is 32.0. The Balaban J connectivity index is 1.15. The van der Waals surface area contributed by atoms with Crippen molar-refractivity contribution in [1.29, 1.82) is 0 Å². The van der Waals surface area contributed by atoms with Gasteiger partial charge in [0.1, 0.15) is 24.7 Å². The normalized spacial score (nSPS) is 22.1. The van der Waals surface area contributed by atoms with E-state index in [1.807, 2.05) is 91.0 Å². The summed E-state index contributed by atoms with van der Waals surface area (Å²) in [6.07, 6.45) is -2.65. The van der Waals surface area contributed by atoms with Crippen LogP contribution < -0.4 is 10.6 Å². The molecule has 240 valence electrons. The number of ether oxygens (including phenoxy) is 2. The standard InChI is InChI=1S/C37H35N3O7/c1-23-30(36(44)47-33(26-18-10-4-11-19-26)27-20-12-5-13-21-27)40-31(32(23)41)29(35(40)43)38-34(42)28(25-16-8-3-9-17-25)39-37(45)46-22-24-14-6-2-7-15-24/h2-21,23,28-33,41H,22H2,1H3,(H,38,42)(H,39,45)/t23?,28?,29?,30?,31-,32?/m0/s1. The van der Waals surface area contributed by atoms with E-state index in [1.54, 1.807) is 37.3 Å². The van der Waals surface area contributed by atoms with Gasteiger partial charge in [0.2, 0.25) is 11.8 Å². The van der Waals surface area contributed by atoms with E-state index in [9.17, 15) is 24.3 Å². The number of benzene rings is 4. The zero-order chi connectivity index (χ0) is 32.9. The summed E-state index contributed by atoms with van der Waals surface area (Å²) >= 11 is 0. The Hall–Kier alpha value is -5.48. The van der Waals surface area contributed by atoms with Crippen LogP contribution in [0.25, 0.3) is 0 Å². The Morgan fingerprint density at radius 3 is 1.85 bits per heavy atom. The summed E-state index contributed by atoms with van der Waals surface area (Å²) in [6.45, 7) is 1.68. The Morgan fingerprint density at radius 2 is 1.30 bits per heavy atom. The second-order valence-electron chi connectivity index (χ2n) is 11.7. The van der Waals surface area contributed by atoms with Crippen LogP contribution in [0.15, 0.2) is 121 Å². The van der Waals surface area contributed by atoms with Gasteiger partial charge in [-0.05, 0) is 22.3 Å². The lowest BCUT2D eigenvalue weighted by molar-refractivity contribution is -0.168. The van der Waals surface area contributed by atoms with E-state index in [0.29, 0.717) is 5.56 Å². The number of hydrogen-bond acceptors (Lipinski definition) is 7. The first-order valence-corrected chi connectivity index (χ1v) is 15.5. The van der Waals surface area contributed by atoms with Crippen molar-refractivity contribution in [1.82, 2.24) is 15.5 Å². The third-order valence-electron chi connectivity index (χ3n) is 8.72. The van der Waals surface area contributed by atoms with E-state index >= 15 is 0 Å². The highest BCUT2D eigenvalue weighted by Crippen LogP contribution is 2.41. The molecule has 0 aromatic heterocycles. The molecule has 4 aromatic carbocycles. The van der Waals surface area contributed by atoms with E-state index in [1.165, 1.54) is 4.90 Å². The average molecular weight is 634 g/mol. The van der Waals surface area contributed by atoms with Crippen LogP contribution in [-0.2, 0) is 30.5 Å². The lowest BCUT2D eigenvalue weighted by atomic mass is 9.91. The Bertz CT molecular complexity index is 1670. The number of alkyl carbamates (subject to hydrolysis) is 1. The topological polar surface area (TPSA) is 134 Å². The molecule has 47 heavy (non-hydrogen) atoms. The number of carbonyl (C=O) groups is 4. The maximum absolute atomic E-state index is 13.7. The number of aliphatic hydroxyl groups is 1. The van der Waals surface area contributed by atoms with Crippen LogP contribution in [0.3, 0.4) is 0 Å². The van der Waals surface area contributed by atoms with E-state index in [2.05, 4.69) is 10.6 Å². The SMILES string of the molecule is CC1C(O)[C@@H]2C(NC(=O)C(NC(=O)OCc3ccccc3)c3ccccc3)C(=O)N2C1C(=O)OC(c1ccccc1)c1ccccc1. The van der Waals surface area contributed by atoms with Crippen LogP contribution in [0.2, 0.25) is 0 Å². The fourth-order valence-electron chi connectivity index (χ4n) is 6.28. The lowest BCUT2D eigenvalue weighted by Crippen LogP contribution is -2.73. The molecule has 3 amide bonds. The van der Waals surface area contributed by atoms with Crippen LogP contribution in [0.4, 0.5) is 4.79 Å². The van der Waals surface area contributed by atoms with Gasteiger partial charge in [-0.2, -0.15) is 0 Å². The third-order valence-corrected chi connectivity index (χ3v) is 8.72. The second kappa shape index (κ2) is 13.9. The third kappa shape index (κ3) is 6.59. The predicted molar refractivity (Wildman–Crippen MR) is 171 cm³/mol. The van der Waals surface area contributed by atoms with Crippen molar-refractivity contribution < 1.29 is 33.8 Å². The number of aliphatic hydroxyl groups excluding tert-OH is 1. The Morgan fingerprint density at radius 1 is 0.787 bits per heavy atom. The molecule has 2 aliphatic rings. The van der Waals surface area contributed by atoms with Crippen molar-refractivity contribution in [3.63, 3.8) is 0 Å². The van der Waals surface area contributed by atoms with E-state index in [4.69, 9.17) is 9.47 Å². The highest BCUT2D eigenvalue weighted by Gasteiger charge is 2.64. The van der Waals surface area contributed by atoms with Crippen LogP contribution in [0, 0.1) is 5.92 Å². The summed E-state index contributed by atoms with van der Waals surface area (Å²) in [7, 11) is 0. The van der Waals surface area contributed by atoms with Gasteiger partial charge >= 0.3 is 12.1 Å². The number of hydrogen-bond donors (Lipinski definition) is 3. The van der Waals surface area contributed by atoms with Crippen molar-refractivity contribution in [3.05, 3.63) is 144 Å². The molecular formula is C37H35N3O7. The summed E-state index contributed by atoms with van der Waals surface area (Å²) in [5.74, 6) is -2.51. The van der Waals surface area contributed by atoms with E-state index in [-0.39, 0.29) is 6.61 Å². The molecule has 0 bridgehead atoms. The number of rotatable bonds is 10. The maximum atomic E-state index is 13.7. The minimum absolute atomic E-state index is 0.00488. The molecule has 0 aliphatic carbocycles. The molecule has 4 aromatic rings. The van der Waals surface area contributed by atoms with Crippen molar-refractivity contribution in [3.8, 4) is 0 Å². The molecular weight excluding hydrogens is 598 g/mol. The van der Waals surface area contributed by atoms with Crippen molar-refractivity contribution in [2.24, 2.45) is 5.92 Å². The van der Waals surface area contributed by atoms with Gasteiger partial charge in [-0.25, -0.2) is 9.59 Å². The first kappa shape index (κ1) is 31.5. The number of nitrogens with zero attached hydrogens (tertiary/aromatic N) is 1. The van der Waals surface area contributed by atoms with Crippen molar-refractivity contribution in [2.45, 2.75) is 49.9 Å². The lowest BCUT2D eigenvalue weighted by Gasteiger charge is -2.45. The number of fused-ring (bicyclic) bond motifs is 1. The predicted octanol–water partition coefficient (Wildman–Crippen LogP) is 4.06. The Kier molecular flexibility index (Phi) is 9.30. The molecule has 3 N–H and O–H groups in total. The fraction of sp³-hybridized carbons (Fsp3) is 0.243. The zero-order valence-electron chi connectivity index (χ0n) is 25.6. The quantitative estimate of drug-likeness (QED) is 0.177. The van der Waals surface area contributed by atoms with Crippen LogP contribution in [0.5, 0.6) is 0 Å². The minimum atomic E-state index is -1.18. The van der Waals surface area contributed by atoms with Gasteiger partial charge in [0, 0.05) is 5.92 Å². The molecule has 2 saturated heterocycles. The van der Waals surface area contributed by atoms with Crippen molar-refractivity contribution >= 4 is 23.9 Å². The minimum Gasteiger partial charge on any atom is -0.451 e. The molecule has 2 aliphatic heterocycles. The van der Waals surface area contributed by atoms with Gasteiger partial charge < -0.3 is 30.1 Å². The first-order chi connectivity index (χ1) is 22.8. The molecule has 0 spiro atoms. The molecule has 6 atom stereocenters. The summed E-state index contributed by atoms with van der Waals surface area (Å²) in [5.41, 5.74) is 2.77. The number of amides is 3. The van der Waals surface area contributed by atoms with E-state index < -0.39 is 66.2 Å². The summed E-state index contributed by atoms with van der Waals surface area (Å²) < 4.78 is 11.4. The summed E-state index contributed by atoms with van der Waals surface area (Å²) in [4.78, 5) is 54.9. The van der Waals surface area contributed by atoms with E-state index in [0.717, 1.165) is 16.7 Å². The zero-order valence-corrected chi connectivity index (χ0v) is 25.6. The molecule has 5 unspecified atom stereocenters. The first-order valence-electron chi connectivity index (χ1n) is 15.5. The van der Waals surface area contributed by atoms with Gasteiger partial charge in [0.25, 0.3) is 0 Å². The number of β-lactam (4-membered cyclic amide) rings is 1. The maximum Gasteiger partial charge on any atom is 0.408 e. The molecule has 2 heterocycles. The summed E-state index contributed by atoms with van der Waals surface area (Å²) in [5, 5.41) is 16.5. The van der Waals surface area contributed by atoms with Gasteiger partial charge in [-0.3, -0.25) is 9.59 Å². The van der Waals surface area contributed by atoms with Crippen LogP contribution >= 0.6 is 0 Å². The number of esters is 1. The molecule has 2 fully saturated rings. The molecule has 10 heteroatoms. The smallest absolute Gasteiger partial charge is 0.408 e. The molecule has 6 rings (SSSR count). The Labute approximate surface area is 272 Å². The highest BCUT2D eigenvalue weighted by atomic mass is 16.6.